The first-order valence-electron chi connectivity index (χ1n) is 13.7. The van der Waals surface area contributed by atoms with Gasteiger partial charge in [0.1, 0.15) is 17.6 Å². The second-order valence-corrected chi connectivity index (χ2v) is 10.8. The lowest BCUT2D eigenvalue weighted by Gasteiger charge is -2.33. The summed E-state index contributed by atoms with van der Waals surface area (Å²) in [6.07, 6.45) is -2.96. The summed E-state index contributed by atoms with van der Waals surface area (Å²) < 4.78 is 40.4. The number of aliphatic carboxylic acids is 1. The van der Waals surface area contributed by atoms with E-state index in [-0.39, 0.29) is 23.5 Å². The van der Waals surface area contributed by atoms with Crippen molar-refractivity contribution in [1.29, 1.82) is 0 Å². The molecule has 5 rings (SSSR count). The Hall–Kier alpha value is -4.44. The zero-order chi connectivity index (χ0) is 30.6. The first-order valence-corrected chi connectivity index (χ1v) is 14.1. The van der Waals surface area contributed by atoms with Crippen LogP contribution < -0.4 is 10.2 Å². The van der Waals surface area contributed by atoms with Crippen LogP contribution in [0.4, 0.5) is 19.0 Å². The van der Waals surface area contributed by atoms with Gasteiger partial charge < -0.3 is 15.3 Å². The monoisotopic (exact) mass is 608 g/mol. The van der Waals surface area contributed by atoms with Crippen LogP contribution in [0.2, 0.25) is 5.02 Å². The zero-order valence-corrected chi connectivity index (χ0v) is 23.6. The van der Waals surface area contributed by atoms with Gasteiger partial charge in [-0.2, -0.15) is 13.2 Å². The molecule has 43 heavy (non-hydrogen) atoms. The van der Waals surface area contributed by atoms with Crippen molar-refractivity contribution in [2.75, 3.05) is 18.0 Å². The molecule has 0 saturated carbocycles. The van der Waals surface area contributed by atoms with Gasteiger partial charge in [-0.1, -0.05) is 66.2 Å². The maximum atomic E-state index is 13.5. The van der Waals surface area contributed by atoms with E-state index >= 15 is 0 Å². The number of aromatic nitrogens is 2. The third-order valence-corrected chi connectivity index (χ3v) is 7.69. The van der Waals surface area contributed by atoms with Gasteiger partial charge in [0, 0.05) is 36.2 Å². The number of rotatable bonds is 8. The average molecular weight is 609 g/mol. The molecule has 1 saturated heterocycles. The molecule has 3 aromatic carbocycles. The second-order valence-electron chi connectivity index (χ2n) is 10.4. The summed E-state index contributed by atoms with van der Waals surface area (Å²) in [5, 5.41) is 12.8. The fourth-order valence-corrected chi connectivity index (χ4v) is 5.26. The molecule has 222 valence electrons. The smallest absolute Gasteiger partial charge is 0.416 e. The van der Waals surface area contributed by atoms with E-state index < -0.39 is 29.7 Å². The minimum absolute atomic E-state index is 0.0103. The Morgan fingerprint density at radius 3 is 2.30 bits per heavy atom. The summed E-state index contributed by atoms with van der Waals surface area (Å²) in [7, 11) is 0. The molecule has 2 heterocycles. The standard InChI is InChI=1S/C32H28ClF3N4O3/c33-25-11-9-20(10-12-25)17-27(31(42)43)38-30(41)26-19-28(40-15-13-22(14-16-40)21-5-2-1-3-6-21)39-29(37-26)23-7-4-8-24(18-23)32(34,35)36/h1-12,18-19,22,27H,13-17H2,(H,38,41)(H,42,43)/t27-/m1/s1. The van der Waals surface area contributed by atoms with Gasteiger partial charge in [0.25, 0.3) is 5.91 Å². The molecule has 0 radical (unpaired) electrons. The van der Waals surface area contributed by atoms with Gasteiger partial charge >= 0.3 is 12.1 Å². The average Bonchev–Trinajstić information content (AvgIpc) is 3.01. The third kappa shape index (κ3) is 7.50. The van der Waals surface area contributed by atoms with Crippen molar-refractivity contribution < 1.29 is 27.9 Å². The van der Waals surface area contributed by atoms with Gasteiger partial charge in [0.15, 0.2) is 5.82 Å². The molecule has 1 aliphatic heterocycles. The topological polar surface area (TPSA) is 95.4 Å². The highest BCUT2D eigenvalue weighted by Crippen LogP contribution is 2.33. The SMILES string of the molecule is O=C(N[C@H](Cc1ccc(Cl)cc1)C(=O)O)c1cc(N2CCC(c3ccccc3)CC2)nc(-c2cccc(C(F)(F)F)c2)n1. The van der Waals surface area contributed by atoms with E-state index in [0.29, 0.717) is 35.4 Å². The molecule has 1 amide bonds. The highest BCUT2D eigenvalue weighted by Gasteiger charge is 2.31. The van der Waals surface area contributed by atoms with Crippen molar-refractivity contribution in [3.8, 4) is 11.4 Å². The Balaban J connectivity index is 1.44. The van der Waals surface area contributed by atoms with Gasteiger partial charge in [-0.15, -0.1) is 0 Å². The van der Waals surface area contributed by atoms with E-state index in [4.69, 9.17) is 11.6 Å². The summed E-state index contributed by atoms with van der Waals surface area (Å²) in [5.74, 6) is -1.38. The van der Waals surface area contributed by atoms with Gasteiger partial charge in [0.2, 0.25) is 0 Å². The number of halogens is 4. The summed E-state index contributed by atoms with van der Waals surface area (Å²) in [5.41, 5.74) is 0.940. The van der Waals surface area contributed by atoms with E-state index in [9.17, 15) is 27.9 Å². The number of nitrogens with one attached hydrogen (secondary N) is 1. The zero-order valence-electron chi connectivity index (χ0n) is 22.9. The predicted molar refractivity (Wildman–Crippen MR) is 157 cm³/mol. The van der Waals surface area contributed by atoms with Crippen molar-refractivity contribution in [2.45, 2.75) is 37.4 Å². The number of hydrogen-bond acceptors (Lipinski definition) is 5. The van der Waals surface area contributed by atoms with Gasteiger partial charge in [-0.3, -0.25) is 4.79 Å². The fraction of sp³-hybridized carbons (Fsp3) is 0.250. The molecule has 11 heteroatoms. The predicted octanol–water partition coefficient (Wildman–Crippen LogP) is 6.63. The van der Waals surface area contributed by atoms with Crippen LogP contribution in [-0.4, -0.2) is 46.1 Å². The van der Waals surface area contributed by atoms with Crippen molar-refractivity contribution in [2.24, 2.45) is 0 Å². The largest absolute Gasteiger partial charge is 0.480 e. The Morgan fingerprint density at radius 2 is 1.65 bits per heavy atom. The van der Waals surface area contributed by atoms with Crippen molar-refractivity contribution in [3.05, 3.63) is 112 Å². The van der Waals surface area contributed by atoms with Gasteiger partial charge in [-0.25, -0.2) is 14.8 Å². The number of amides is 1. The number of carboxylic acids is 1. The number of carbonyl (C=O) groups is 2. The number of alkyl halides is 3. The molecule has 0 bridgehead atoms. The van der Waals surface area contributed by atoms with Crippen LogP contribution in [0.5, 0.6) is 0 Å². The Bertz CT molecular complexity index is 1590. The fourth-order valence-electron chi connectivity index (χ4n) is 5.13. The van der Waals surface area contributed by atoms with E-state index in [1.807, 2.05) is 23.1 Å². The number of hydrogen-bond donors (Lipinski definition) is 2. The maximum absolute atomic E-state index is 13.5. The molecule has 2 N–H and O–H groups in total. The summed E-state index contributed by atoms with van der Waals surface area (Å²) >= 11 is 5.93. The first-order chi connectivity index (χ1) is 20.6. The molecule has 0 aliphatic carbocycles. The third-order valence-electron chi connectivity index (χ3n) is 7.44. The number of nitrogens with zero attached hydrogens (tertiary/aromatic N) is 3. The van der Waals surface area contributed by atoms with Gasteiger partial charge in [0.05, 0.1) is 5.56 Å². The molecule has 7 nitrogen and oxygen atoms in total. The Labute approximate surface area is 251 Å². The van der Waals surface area contributed by atoms with E-state index in [1.165, 1.54) is 23.8 Å². The number of piperidine rings is 1. The first kappa shape index (κ1) is 30.0. The molecule has 1 atom stereocenters. The van der Waals surface area contributed by atoms with E-state index in [1.54, 1.807) is 24.3 Å². The number of carboxylic acid groups (broad SMARTS) is 1. The molecule has 1 fully saturated rings. The van der Waals surface area contributed by atoms with Crippen LogP contribution in [0.3, 0.4) is 0 Å². The molecule has 0 spiro atoms. The molecular formula is C32H28ClF3N4O3. The minimum Gasteiger partial charge on any atom is -0.480 e. The molecule has 1 aliphatic rings. The van der Waals surface area contributed by atoms with Crippen molar-refractivity contribution in [1.82, 2.24) is 15.3 Å². The number of benzene rings is 3. The second kappa shape index (κ2) is 12.8. The van der Waals surface area contributed by atoms with Crippen LogP contribution in [0, 0.1) is 0 Å². The maximum Gasteiger partial charge on any atom is 0.416 e. The Morgan fingerprint density at radius 1 is 0.953 bits per heavy atom. The van der Waals surface area contributed by atoms with Crippen LogP contribution in [0.15, 0.2) is 84.9 Å². The van der Waals surface area contributed by atoms with Crippen LogP contribution >= 0.6 is 11.6 Å². The highest BCUT2D eigenvalue weighted by atomic mass is 35.5. The lowest BCUT2D eigenvalue weighted by atomic mass is 9.89. The van der Waals surface area contributed by atoms with Crippen LogP contribution in [-0.2, 0) is 17.4 Å². The van der Waals surface area contributed by atoms with E-state index in [2.05, 4.69) is 27.4 Å². The van der Waals surface area contributed by atoms with Crippen LogP contribution in [0.25, 0.3) is 11.4 Å². The molecular weight excluding hydrogens is 581 g/mol. The quantitative estimate of drug-likeness (QED) is 0.233. The van der Waals surface area contributed by atoms with Gasteiger partial charge in [-0.05, 0) is 54.2 Å². The Kier molecular flexibility index (Phi) is 8.96. The van der Waals surface area contributed by atoms with Crippen molar-refractivity contribution in [3.63, 3.8) is 0 Å². The summed E-state index contributed by atoms with van der Waals surface area (Å²) in [4.78, 5) is 36.2. The lowest BCUT2D eigenvalue weighted by Crippen LogP contribution is -2.42. The molecule has 4 aromatic rings. The summed E-state index contributed by atoms with van der Waals surface area (Å²) in [6.45, 7) is 1.21. The normalized spacial score (nSPS) is 14.7. The summed E-state index contributed by atoms with van der Waals surface area (Å²) in [6, 6.07) is 21.4. The minimum atomic E-state index is -4.58. The lowest BCUT2D eigenvalue weighted by molar-refractivity contribution is -0.139. The highest BCUT2D eigenvalue weighted by molar-refractivity contribution is 6.30. The van der Waals surface area contributed by atoms with Crippen molar-refractivity contribution >= 4 is 29.3 Å². The van der Waals surface area contributed by atoms with Crippen LogP contribution in [0.1, 0.15) is 45.9 Å². The van der Waals surface area contributed by atoms with E-state index in [0.717, 1.165) is 25.0 Å². The number of carbonyl (C=O) groups excluding carboxylic acids is 1. The molecule has 1 aromatic heterocycles. The number of anilines is 1. The molecule has 0 unspecified atom stereocenters.